The molecular formula is C17H26N2O2. The number of aryl methyl sites for hydroxylation is 1. The van der Waals surface area contributed by atoms with Crippen LogP contribution < -0.4 is 10.5 Å². The summed E-state index contributed by atoms with van der Waals surface area (Å²) in [7, 11) is 1.65. The molecule has 4 nitrogen and oxygen atoms in total. The molecule has 1 saturated carbocycles. The molecule has 1 fully saturated rings. The van der Waals surface area contributed by atoms with Gasteiger partial charge in [0.05, 0.1) is 12.8 Å². The minimum atomic E-state index is -0.294. The van der Waals surface area contributed by atoms with Crippen molar-refractivity contribution in [2.45, 2.75) is 64.3 Å². The molecule has 0 amide bonds. The van der Waals surface area contributed by atoms with Crippen molar-refractivity contribution < 1.29 is 9.53 Å². The fraction of sp³-hybridized carbons (Fsp3) is 0.647. The number of hydrogen-bond donors (Lipinski definition) is 1. The van der Waals surface area contributed by atoms with Gasteiger partial charge >= 0.3 is 0 Å². The Morgan fingerprint density at radius 2 is 2.00 bits per heavy atom. The van der Waals surface area contributed by atoms with Crippen LogP contribution in [0.5, 0.6) is 5.75 Å². The minimum Gasteiger partial charge on any atom is -0.496 e. The second kappa shape index (κ2) is 6.56. The number of carbonyl (C=O) groups is 1. The maximum atomic E-state index is 12.4. The second-order valence-corrected chi connectivity index (χ2v) is 6.36. The van der Waals surface area contributed by atoms with E-state index in [1.54, 1.807) is 13.3 Å². The summed E-state index contributed by atoms with van der Waals surface area (Å²) in [5, 5.41) is 0. The number of aromatic nitrogens is 1. The summed E-state index contributed by atoms with van der Waals surface area (Å²) < 4.78 is 5.39. The van der Waals surface area contributed by atoms with Crippen LogP contribution >= 0.6 is 0 Å². The largest absolute Gasteiger partial charge is 0.496 e. The molecule has 0 saturated heterocycles. The van der Waals surface area contributed by atoms with Gasteiger partial charge < -0.3 is 10.5 Å². The van der Waals surface area contributed by atoms with Crippen molar-refractivity contribution in [3.8, 4) is 5.75 Å². The van der Waals surface area contributed by atoms with E-state index in [2.05, 4.69) is 4.98 Å². The number of hydrogen-bond acceptors (Lipinski definition) is 4. The van der Waals surface area contributed by atoms with E-state index < -0.39 is 0 Å². The highest BCUT2D eigenvalue weighted by molar-refractivity contribution is 5.82. The van der Waals surface area contributed by atoms with Gasteiger partial charge in [-0.15, -0.1) is 0 Å². The molecule has 2 N–H and O–H groups in total. The van der Waals surface area contributed by atoms with Crippen molar-refractivity contribution in [1.29, 1.82) is 0 Å². The fourth-order valence-electron chi connectivity index (χ4n) is 3.32. The third-order valence-corrected chi connectivity index (χ3v) is 4.51. The number of nitrogens with zero attached hydrogens (tertiary/aromatic N) is 1. The molecule has 1 aliphatic rings. The van der Waals surface area contributed by atoms with Crippen LogP contribution in [0.25, 0.3) is 0 Å². The first-order valence-electron chi connectivity index (χ1n) is 7.75. The van der Waals surface area contributed by atoms with Crippen LogP contribution in [-0.2, 0) is 11.2 Å². The van der Waals surface area contributed by atoms with Gasteiger partial charge in [-0.25, -0.2) is 0 Å². The molecule has 116 valence electrons. The van der Waals surface area contributed by atoms with E-state index in [1.807, 2.05) is 13.8 Å². The fourth-order valence-corrected chi connectivity index (χ4v) is 3.32. The predicted octanol–water partition coefficient (Wildman–Crippen LogP) is 2.87. The highest BCUT2D eigenvalue weighted by Gasteiger charge is 2.30. The summed E-state index contributed by atoms with van der Waals surface area (Å²) in [5.74, 6) is 1.01. The summed E-state index contributed by atoms with van der Waals surface area (Å²) in [6.07, 6.45) is 8.02. The average molecular weight is 290 g/mol. The van der Waals surface area contributed by atoms with Crippen LogP contribution in [-0.4, -0.2) is 23.4 Å². The number of nitrogens with two attached hydrogens (primary N) is 1. The molecule has 4 heteroatoms. The molecule has 0 atom stereocenters. The average Bonchev–Trinajstić information content (AvgIpc) is 2.43. The van der Waals surface area contributed by atoms with E-state index in [1.165, 1.54) is 6.42 Å². The number of rotatable bonds is 5. The van der Waals surface area contributed by atoms with Gasteiger partial charge in [0.2, 0.25) is 0 Å². The molecular weight excluding hydrogens is 264 g/mol. The first kappa shape index (κ1) is 16.0. The zero-order valence-corrected chi connectivity index (χ0v) is 13.4. The lowest BCUT2D eigenvalue weighted by Gasteiger charge is -2.32. The van der Waals surface area contributed by atoms with Gasteiger partial charge in [0.15, 0.2) is 0 Å². The normalized spacial score (nSPS) is 17.5. The Kier molecular flexibility index (Phi) is 4.99. The van der Waals surface area contributed by atoms with E-state index in [9.17, 15) is 4.79 Å². The third-order valence-electron chi connectivity index (χ3n) is 4.51. The molecule has 2 rings (SSSR count). The van der Waals surface area contributed by atoms with Crippen molar-refractivity contribution in [2.24, 2.45) is 5.73 Å². The maximum absolute atomic E-state index is 12.4. The molecule has 0 aliphatic heterocycles. The summed E-state index contributed by atoms with van der Waals surface area (Å²) >= 11 is 0. The number of ketones is 1. The van der Waals surface area contributed by atoms with Gasteiger partial charge in [-0.05, 0) is 26.7 Å². The molecule has 0 unspecified atom stereocenters. The Morgan fingerprint density at radius 3 is 2.62 bits per heavy atom. The number of carbonyl (C=O) groups excluding carboxylic acids is 1. The first-order valence-corrected chi connectivity index (χ1v) is 7.75. The third kappa shape index (κ3) is 3.82. The number of methoxy groups -OCH3 is 1. The zero-order chi connectivity index (χ0) is 15.5. The Balaban J connectivity index is 2.06. The van der Waals surface area contributed by atoms with E-state index in [-0.39, 0.29) is 11.3 Å². The molecule has 0 aromatic carbocycles. The lowest BCUT2D eigenvalue weighted by atomic mass is 9.78. The molecule has 1 aliphatic carbocycles. The van der Waals surface area contributed by atoms with E-state index in [0.717, 1.165) is 48.3 Å². The maximum Gasteiger partial charge on any atom is 0.140 e. The lowest BCUT2D eigenvalue weighted by Crippen LogP contribution is -2.43. The zero-order valence-electron chi connectivity index (χ0n) is 13.4. The van der Waals surface area contributed by atoms with Crippen molar-refractivity contribution in [3.05, 3.63) is 23.0 Å². The first-order chi connectivity index (χ1) is 9.95. The van der Waals surface area contributed by atoms with E-state index in [0.29, 0.717) is 12.8 Å². The summed E-state index contributed by atoms with van der Waals surface area (Å²) in [5.41, 5.74) is 8.83. The quantitative estimate of drug-likeness (QED) is 0.905. The summed E-state index contributed by atoms with van der Waals surface area (Å²) in [6.45, 7) is 3.92. The topological polar surface area (TPSA) is 65.2 Å². The second-order valence-electron chi connectivity index (χ2n) is 6.36. The SMILES string of the molecule is COc1c(C)cnc(CC(=O)CC2(N)CCCCC2)c1C. The Morgan fingerprint density at radius 1 is 1.33 bits per heavy atom. The number of Topliss-reactive ketones (excluding diaryl/α,β-unsaturated/α-hetero) is 1. The van der Waals surface area contributed by atoms with Crippen molar-refractivity contribution >= 4 is 5.78 Å². The predicted molar refractivity (Wildman–Crippen MR) is 83.6 cm³/mol. The van der Waals surface area contributed by atoms with Crippen molar-refractivity contribution in [2.75, 3.05) is 7.11 Å². The number of pyridine rings is 1. The molecule has 1 heterocycles. The number of ether oxygens (including phenoxy) is 1. The van der Waals surface area contributed by atoms with Crippen molar-refractivity contribution in [1.82, 2.24) is 4.98 Å². The highest BCUT2D eigenvalue weighted by Crippen LogP contribution is 2.30. The molecule has 0 bridgehead atoms. The van der Waals surface area contributed by atoms with Gasteiger partial charge in [0.25, 0.3) is 0 Å². The standard InChI is InChI=1S/C17H26N2O2/c1-12-11-19-15(13(2)16(12)21-3)9-14(20)10-17(18)7-5-4-6-8-17/h11H,4-10,18H2,1-3H3. The van der Waals surface area contributed by atoms with E-state index in [4.69, 9.17) is 10.5 Å². The monoisotopic (exact) mass is 290 g/mol. The molecule has 0 spiro atoms. The Hall–Kier alpha value is -1.42. The van der Waals surface area contributed by atoms with Crippen molar-refractivity contribution in [3.63, 3.8) is 0 Å². The summed E-state index contributed by atoms with van der Waals surface area (Å²) in [6, 6.07) is 0. The molecule has 1 aromatic rings. The van der Waals surface area contributed by atoms with Crippen LogP contribution in [0.2, 0.25) is 0 Å². The van der Waals surface area contributed by atoms with Crippen LogP contribution in [0.15, 0.2) is 6.20 Å². The van der Waals surface area contributed by atoms with Crippen LogP contribution in [0.4, 0.5) is 0 Å². The minimum absolute atomic E-state index is 0.181. The van der Waals surface area contributed by atoms with Gasteiger partial charge in [0, 0.05) is 35.7 Å². The van der Waals surface area contributed by atoms with Crippen LogP contribution in [0, 0.1) is 13.8 Å². The smallest absolute Gasteiger partial charge is 0.140 e. The lowest BCUT2D eigenvalue weighted by molar-refractivity contribution is -0.119. The molecule has 0 radical (unpaired) electrons. The molecule has 21 heavy (non-hydrogen) atoms. The van der Waals surface area contributed by atoms with Gasteiger partial charge in [-0.3, -0.25) is 9.78 Å². The van der Waals surface area contributed by atoms with Gasteiger partial charge in [-0.1, -0.05) is 19.3 Å². The van der Waals surface area contributed by atoms with E-state index >= 15 is 0 Å². The molecule has 1 aromatic heterocycles. The van der Waals surface area contributed by atoms with Crippen LogP contribution in [0.3, 0.4) is 0 Å². The Bertz CT molecular complexity index is 520. The van der Waals surface area contributed by atoms with Crippen LogP contribution in [0.1, 0.15) is 55.3 Å². The highest BCUT2D eigenvalue weighted by atomic mass is 16.5. The summed E-state index contributed by atoms with van der Waals surface area (Å²) in [4.78, 5) is 16.8. The van der Waals surface area contributed by atoms with Gasteiger partial charge in [0.1, 0.15) is 11.5 Å². The van der Waals surface area contributed by atoms with Gasteiger partial charge in [-0.2, -0.15) is 0 Å². The Labute approximate surface area is 127 Å².